The Balaban J connectivity index is 1.81. The predicted octanol–water partition coefficient (Wildman–Crippen LogP) is 2.36. The topological polar surface area (TPSA) is 133 Å². The minimum atomic E-state index is -1.04. The number of nitro benzene ring substituents is 1. The summed E-state index contributed by atoms with van der Waals surface area (Å²) >= 11 is 0. The number of nitrogens with zero attached hydrogens (tertiary/aromatic N) is 3. The van der Waals surface area contributed by atoms with Crippen molar-refractivity contribution >= 4 is 23.1 Å². The maximum absolute atomic E-state index is 13.1. The first-order valence-electron chi connectivity index (χ1n) is 10.9. The number of carbonyl (C=O) groups is 2. The average molecular weight is 467 g/mol. The minimum Gasteiger partial charge on any atom is -0.507 e. The monoisotopic (exact) mass is 467 g/mol. The molecule has 2 heterocycles. The standard InChI is InChI=1S/C24H25N3O7/c1-15-5-6-19(28)18(13-15)22(29)20-21(16-3-2-4-17(14-16)27(32)33)26(24(31)23(20)30)8-7-25-9-11-34-12-10-25/h2-6,13-14,21,28-29H,7-12H2,1H3/b22-20-. The van der Waals surface area contributed by atoms with E-state index in [0.717, 1.165) is 5.56 Å². The molecule has 4 rings (SSSR count). The first-order valence-corrected chi connectivity index (χ1v) is 10.9. The van der Waals surface area contributed by atoms with Gasteiger partial charge in [0, 0.05) is 38.3 Å². The van der Waals surface area contributed by atoms with Crippen molar-refractivity contribution in [2.24, 2.45) is 0 Å². The Labute approximate surface area is 195 Å². The van der Waals surface area contributed by atoms with Gasteiger partial charge in [-0.15, -0.1) is 0 Å². The number of hydrogen-bond acceptors (Lipinski definition) is 8. The third kappa shape index (κ3) is 4.50. The second kappa shape index (κ2) is 9.62. The number of non-ortho nitro benzene ring substituents is 1. The second-order valence-corrected chi connectivity index (χ2v) is 8.32. The van der Waals surface area contributed by atoms with Crippen LogP contribution in [0.3, 0.4) is 0 Å². The third-order valence-corrected chi connectivity index (χ3v) is 6.10. The van der Waals surface area contributed by atoms with E-state index in [4.69, 9.17) is 4.74 Å². The lowest BCUT2D eigenvalue weighted by molar-refractivity contribution is -0.384. The number of nitro groups is 1. The van der Waals surface area contributed by atoms with Gasteiger partial charge in [-0.1, -0.05) is 23.8 Å². The summed E-state index contributed by atoms with van der Waals surface area (Å²) in [4.78, 5) is 40.4. The number of rotatable bonds is 6. The Hall–Kier alpha value is -3.76. The van der Waals surface area contributed by atoms with Crippen LogP contribution >= 0.6 is 0 Å². The summed E-state index contributed by atoms with van der Waals surface area (Å²) in [6.45, 7) is 4.91. The van der Waals surface area contributed by atoms with Crippen molar-refractivity contribution in [1.29, 1.82) is 0 Å². The summed E-state index contributed by atoms with van der Waals surface area (Å²) in [6.07, 6.45) is 0. The Bertz CT molecular complexity index is 1170. The Morgan fingerprint density at radius 2 is 1.88 bits per heavy atom. The zero-order valence-corrected chi connectivity index (χ0v) is 18.6. The van der Waals surface area contributed by atoms with Crippen molar-refractivity contribution in [3.8, 4) is 5.75 Å². The van der Waals surface area contributed by atoms with Crippen LogP contribution in [0.4, 0.5) is 5.69 Å². The number of aromatic hydroxyl groups is 1. The van der Waals surface area contributed by atoms with Crippen molar-refractivity contribution in [3.05, 3.63) is 74.8 Å². The number of Topliss-reactive ketones (excluding diaryl/α,β-unsaturated/α-hetero) is 1. The fraction of sp³-hybridized carbons (Fsp3) is 0.333. The van der Waals surface area contributed by atoms with Gasteiger partial charge in [0.15, 0.2) is 0 Å². The van der Waals surface area contributed by atoms with Gasteiger partial charge in [0.1, 0.15) is 11.5 Å². The molecule has 0 aliphatic carbocycles. The van der Waals surface area contributed by atoms with Gasteiger partial charge in [0.05, 0.1) is 35.3 Å². The Morgan fingerprint density at radius 1 is 1.15 bits per heavy atom. The molecule has 2 aliphatic heterocycles. The molecule has 1 atom stereocenters. The molecule has 0 spiro atoms. The van der Waals surface area contributed by atoms with Gasteiger partial charge in [-0.2, -0.15) is 0 Å². The summed E-state index contributed by atoms with van der Waals surface area (Å²) in [5, 5.41) is 32.8. The summed E-state index contributed by atoms with van der Waals surface area (Å²) < 4.78 is 5.35. The highest BCUT2D eigenvalue weighted by Gasteiger charge is 2.46. The highest BCUT2D eigenvalue weighted by molar-refractivity contribution is 6.46. The van der Waals surface area contributed by atoms with Gasteiger partial charge >= 0.3 is 0 Å². The zero-order chi connectivity index (χ0) is 24.4. The van der Waals surface area contributed by atoms with Gasteiger partial charge in [-0.25, -0.2) is 0 Å². The molecule has 178 valence electrons. The third-order valence-electron chi connectivity index (χ3n) is 6.10. The maximum Gasteiger partial charge on any atom is 0.295 e. The van der Waals surface area contributed by atoms with Gasteiger partial charge in [0.25, 0.3) is 17.4 Å². The van der Waals surface area contributed by atoms with Crippen molar-refractivity contribution in [2.75, 3.05) is 39.4 Å². The lowest BCUT2D eigenvalue weighted by Crippen LogP contribution is -2.42. The van der Waals surface area contributed by atoms with Crippen LogP contribution in [0, 0.1) is 17.0 Å². The fourth-order valence-corrected chi connectivity index (χ4v) is 4.32. The first kappa shape index (κ1) is 23.4. The van der Waals surface area contributed by atoms with Gasteiger partial charge < -0.3 is 19.8 Å². The van der Waals surface area contributed by atoms with E-state index < -0.39 is 28.4 Å². The van der Waals surface area contributed by atoms with Gasteiger partial charge in [-0.05, 0) is 24.6 Å². The molecular weight excluding hydrogens is 442 g/mol. The number of benzene rings is 2. The van der Waals surface area contributed by atoms with E-state index in [0.29, 0.717) is 38.4 Å². The molecule has 2 N–H and O–H groups in total. The summed E-state index contributed by atoms with van der Waals surface area (Å²) in [5.74, 6) is -2.49. The number of likely N-dealkylation sites (tertiary alicyclic amines) is 1. The van der Waals surface area contributed by atoms with E-state index in [9.17, 15) is 29.9 Å². The van der Waals surface area contributed by atoms with Crippen LogP contribution in [-0.4, -0.2) is 76.0 Å². The number of aliphatic hydroxyl groups is 1. The Kier molecular flexibility index (Phi) is 6.62. The van der Waals surface area contributed by atoms with E-state index in [2.05, 4.69) is 4.90 Å². The molecule has 0 saturated carbocycles. The van der Waals surface area contributed by atoms with Crippen LogP contribution in [0.25, 0.3) is 5.76 Å². The van der Waals surface area contributed by atoms with Crippen molar-refractivity contribution in [2.45, 2.75) is 13.0 Å². The molecule has 1 unspecified atom stereocenters. The number of morpholine rings is 1. The molecular formula is C24H25N3O7. The molecule has 34 heavy (non-hydrogen) atoms. The number of ketones is 1. The van der Waals surface area contributed by atoms with E-state index >= 15 is 0 Å². The van der Waals surface area contributed by atoms with E-state index in [1.807, 2.05) is 0 Å². The maximum atomic E-state index is 13.1. The molecule has 2 aromatic carbocycles. The van der Waals surface area contributed by atoms with Crippen molar-refractivity contribution in [1.82, 2.24) is 9.80 Å². The van der Waals surface area contributed by atoms with Gasteiger partial charge in [0.2, 0.25) is 0 Å². The zero-order valence-electron chi connectivity index (χ0n) is 18.6. The molecule has 0 radical (unpaired) electrons. The fourth-order valence-electron chi connectivity index (χ4n) is 4.32. The molecule has 2 saturated heterocycles. The summed E-state index contributed by atoms with van der Waals surface area (Å²) in [7, 11) is 0. The lowest BCUT2D eigenvalue weighted by Gasteiger charge is -2.31. The smallest absolute Gasteiger partial charge is 0.295 e. The van der Waals surface area contributed by atoms with Crippen LogP contribution in [-0.2, 0) is 14.3 Å². The quantitative estimate of drug-likeness (QED) is 0.217. The SMILES string of the molecule is Cc1ccc(O)c(/C(O)=C2/C(=O)C(=O)N(CCN3CCOCC3)C2c2cccc([N+](=O)[O-])c2)c1. The number of amides is 1. The van der Waals surface area contributed by atoms with Gasteiger partial charge in [-0.3, -0.25) is 24.6 Å². The molecule has 0 aromatic heterocycles. The van der Waals surface area contributed by atoms with Crippen molar-refractivity contribution < 1.29 is 29.5 Å². The van der Waals surface area contributed by atoms with E-state index in [-0.39, 0.29) is 29.1 Å². The molecule has 0 bridgehead atoms. The summed E-state index contributed by atoms with van der Waals surface area (Å²) in [6, 6.07) is 9.16. The number of hydrogen-bond donors (Lipinski definition) is 2. The molecule has 1 amide bonds. The van der Waals surface area contributed by atoms with Crippen LogP contribution in [0.2, 0.25) is 0 Å². The number of phenols is 1. The molecule has 2 aliphatic rings. The molecule has 2 fully saturated rings. The Morgan fingerprint density at radius 3 is 2.59 bits per heavy atom. The first-order chi connectivity index (χ1) is 16.3. The normalized spacial score (nSPS) is 20.6. The van der Waals surface area contributed by atoms with E-state index in [1.165, 1.54) is 35.2 Å². The highest BCUT2D eigenvalue weighted by atomic mass is 16.6. The van der Waals surface area contributed by atoms with Crippen LogP contribution < -0.4 is 0 Å². The van der Waals surface area contributed by atoms with Crippen molar-refractivity contribution in [3.63, 3.8) is 0 Å². The van der Waals surface area contributed by atoms with Crippen LogP contribution in [0.1, 0.15) is 22.7 Å². The molecule has 2 aromatic rings. The largest absolute Gasteiger partial charge is 0.507 e. The lowest BCUT2D eigenvalue weighted by atomic mass is 9.94. The number of phenolic OH excluding ortho intramolecular Hbond substituents is 1. The number of carbonyl (C=O) groups excluding carboxylic acids is 2. The second-order valence-electron chi connectivity index (χ2n) is 8.32. The average Bonchev–Trinajstić information content (AvgIpc) is 3.09. The number of ether oxygens (including phenoxy) is 1. The number of aliphatic hydroxyl groups excluding tert-OH is 1. The molecule has 10 nitrogen and oxygen atoms in total. The van der Waals surface area contributed by atoms with E-state index in [1.54, 1.807) is 19.1 Å². The minimum absolute atomic E-state index is 0.0154. The van der Waals surface area contributed by atoms with Crippen LogP contribution in [0.5, 0.6) is 5.75 Å². The number of aryl methyl sites for hydroxylation is 1. The van der Waals surface area contributed by atoms with Crippen LogP contribution in [0.15, 0.2) is 48.0 Å². The predicted molar refractivity (Wildman–Crippen MR) is 122 cm³/mol. The molecule has 10 heteroatoms. The summed E-state index contributed by atoms with van der Waals surface area (Å²) in [5.41, 5.74) is 0.654. The highest BCUT2D eigenvalue weighted by Crippen LogP contribution is 2.41.